The second-order valence-electron chi connectivity index (χ2n) is 10.9. The van der Waals surface area contributed by atoms with Crippen molar-refractivity contribution in [2.24, 2.45) is 34.5 Å². The van der Waals surface area contributed by atoms with E-state index in [0.29, 0.717) is 18.3 Å². The fourth-order valence-corrected chi connectivity index (χ4v) is 8.47. The minimum atomic E-state index is -0.906. The Labute approximate surface area is 167 Å². The number of carbonyl (C=O) groups is 1. The smallest absolute Gasteiger partial charge is 0.331 e. The molecule has 0 spiro atoms. The number of esters is 1. The first kappa shape index (κ1) is 19.1. The van der Waals surface area contributed by atoms with Gasteiger partial charge in [-0.05, 0) is 73.7 Å². The van der Waals surface area contributed by atoms with Crippen LogP contribution in [-0.2, 0) is 9.53 Å². The summed E-state index contributed by atoms with van der Waals surface area (Å²) in [5, 5.41) is 33.3. The highest BCUT2D eigenvalue weighted by atomic mass is 16.5. The van der Waals surface area contributed by atoms with Gasteiger partial charge in [-0.2, -0.15) is 0 Å². The molecule has 5 heteroatoms. The number of hydrogen-bond acceptors (Lipinski definition) is 5. The molecule has 4 saturated carbocycles. The lowest BCUT2D eigenvalue weighted by Crippen LogP contribution is -2.62. The van der Waals surface area contributed by atoms with E-state index in [2.05, 4.69) is 13.8 Å². The Morgan fingerprint density at radius 1 is 1.07 bits per heavy atom. The molecule has 0 amide bonds. The Hall–Kier alpha value is -0.910. The van der Waals surface area contributed by atoms with Crippen LogP contribution in [0.25, 0.3) is 0 Å². The third kappa shape index (κ3) is 2.33. The highest BCUT2D eigenvalue weighted by molar-refractivity contribution is 5.85. The first-order valence-corrected chi connectivity index (χ1v) is 11.1. The maximum absolute atomic E-state index is 12.1. The molecule has 0 aromatic carbocycles. The maximum atomic E-state index is 12.1. The van der Waals surface area contributed by atoms with Crippen molar-refractivity contribution in [2.45, 2.75) is 83.0 Å². The van der Waals surface area contributed by atoms with Gasteiger partial charge in [0.1, 0.15) is 6.61 Å². The van der Waals surface area contributed by atoms with Crippen LogP contribution in [0.1, 0.15) is 65.2 Å². The van der Waals surface area contributed by atoms with Crippen molar-refractivity contribution in [1.82, 2.24) is 0 Å². The van der Waals surface area contributed by atoms with Crippen LogP contribution in [0.2, 0.25) is 0 Å². The van der Waals surface area contributed by atoms with Crippen molar-refractivity contribution < 1.29 is 24.9 Å². The lowest BCUT2D eigenvalue weighted by Gasteiger charge is -2.63. The lowest BCUT2D eigenvalue weighted by atomic mass is 9.43. The fraction of sp³-hybridized carbons (Fsp3) is 0.870. The van der Waals surface area contributed by atoms with Gasteiger partial charge >= 0.3 is 5.97 Å². The second-order valence-corrected chi connectivity index (χ2v) is 10.9. The fourth-order valence-electron chi connectivity index (χ4n) is 8.47. The molecule has 0 aromatic rings. The minimum absolute atomic E-state index is 0.170. The van der Waals surface area contributed by atoms with Gasteiger partial charge in [-0.3, -0.25) is 0 Å². The molecule has 5 rings (SSSR count). The molecule has 28 heavy (non-hydrogen) atoms. The summed E-state index contributed by atoms with van der Waals surface area (Å²) in [5.74, 6) is 0.627. The van der Waals surface area contributed by atoms with Crippen LogP contribution in [0, 0.1) is 34.5 Å². The van der Waals surface area contributed by atoms with Crippen molar-refractivity contribution in [1.29, 1.82) is 0 Å². The third-order valence-electron chi connectivity index (χ3n) is 9.92. The molecule has 1 aliphatic heterocycles. The van der Waals surface area contributed by atoms with Gasteiger partial charge in [0.2, 0.25) is 0 Å². The summed E-state index contributed by atoms with van der Waals surface area (Å²) < 4.78 is 5.14. The Kier molecular flexibility index (Phi) is 4.12. The predicted molar refractivity (Wildman–Crippen MR) is 103 cm³/mol. The summed E-state index contributed by atoms with van der Waals surface area (Å²) in [6.07, 6.45) is 7.87. The molecule has 0 bridgehead atoms. The average molecular weight is 391 g/mol. The normalized spacial score (nSPS) is 55.8. The predicted octanol–water partition coefficient (Wildman–Crippen LogP) is 2.58. The second kappa shape index (κ2) is 6.05. The van der Waals surface area contributed by atoms with E-state index in [1.54, 1.807) is 0 Å². The van der Waals surface area contributed by atoms with Crippen LogP contribution in [0.5, 0.6) is 0 Å². The number of aliphatic hydroxyl groups excluding tert-OH is 2. The number of ether oxygens (including phenoxy) is 1. The van der Waals surface area contributed by atoms with E-state index in [1.807, 2.05) is 0 Å². The molecular weight excluding hydrogens is 356 g/mol. The Balaban J connectivity index is 1.50. The van der Waals surface area contributed by atoms with Gasteiger partial charge < -0.3 is 20.1 Å². The molecule has 5 nitrogen and oxygen atoms in total. The van der Waals surface area contributed by atoms with Gasteiger partial charge in [-0.15, -0.1) is 0 Å². The van der Waals surface area contributed by atoms with Gasteiger partial charge in [-0.1, -0.05) is 13.8 Å². The first-order valence-electron chi connectivity index (χ1n) is 11.1. The standard InChI is InChI=1S/C23H34O5/c1-21-7-5-15(24)10-14(21)3-4-17-16(21)6-8-22(2)20(13-9-19(26)28-12-13)18(25)11-23(17,22)27/h9,14-18,20,24-25,27H,3-8,10-12H2,1-2H3/t14-,15-,16-,17+,18-,20-,21-,22-,23-/m0/s1. The van der Waals surface area contributed by atoms with Gasteiger partial charge in [0, 0.05) is 23.8 Å². The van der Waals surface area contributed by atoms with Crippen LogP contribution < -0.4 is 0 Å². The van der Waals surface area contributed by atoms with Crippen molar-refractivity contribution in [2.75, 3.05) is 6.61 Å². The zero-order valence-corrected chi connectivity index (χ0v) is 17.1. The average Bonchev–Trinajstić information content (AvgIpc) is 3.13. The van der Waals surface area contributed by atoms with E-state index < -0.39 is 17.1 Å². The molecule has 1 heterocycles. The number of rotatable bonds is 1. The van der Waals surface area contributed by atoms with Crippen LogP contribution in [0.3, 0.4) is 0 Å². The van der Waals surface area contributed by atoms with Gasteiger partial charge in [0.15, 0.2) is 0 Å². The van der Waals surface area contributed by atoms with Crippen LogP contribution in [-0.4, -0.2) is 45.7 Å². The Bertz CT molecular complexity index is 718. The summed E-state index contributed by atoms with van der Waals surface area (Å²) in [6, 6.07) is 0. The number of carbonyl (C=O) groups excluding carboxylic acids is 1. The quantitative estimate of drug-likeness (QED) is 0.599. The zero-order chi connectivity index (χ0) is 19.9. The molecule has 9 atom stereocenters. The van der Waals surface area contributed by atoms with E-state index >= 15 is 0 Å². The first-order chi connectivity index (χ1) is 13.2. The maximum Gasteiger partial charge on any atom is 0.331 e. The highest BCUT2D eigenvalue weighted by Crippen LogP contribution is 2.69. The van der Waals surface area contributed by atoms with Crippen LogP contribution in [0.15, 0.2) is 11.6 Å². The van der Waals surface area contributed by atoms with Crippen molar-refractivity contribution in [3.05, 3.63) is 11.6 Å². The summed E-state index contributed by atoms with van der Waals surface area (Å²) in [4.78, 5) is 11.7. The summed E-state index contributed by atoms with van der Waals surface area (Å²) in [7, 11) is 0. The van der Waals surface area contributed by atoms with Crippen molar-refractivity contribution in [3.8, 4) is 0 Å². The summed E-state index contributed by atoms with van der Waals surface area (Å²) >= 11 is 0. The van der Waals surface area contributed by atoms with Crippen LogP contribution >= 0.6 is 0 Å². The molecule has 4 aliphatic carbocycles. The zero-order valence-electron chi connectivity index (χ0n) is 17.1. The lowest BCUT2D eigenvalue weighted by molar-refractivity contribution is -0.208. The third-order valence-corrected chi connectivity index (χ3v) is 9.92. The largest absolute Gasteiger partial charge is 0.458 e. The molecule has 0 saturated heterocycles. The van der Waals surface area contributed by atoms with Gasteiger partial charge in [-0.25, -0.2) is 4.79 Å². The highest BCUT2D eigenvalue weighted by Gasteiger charge is 2.70. The number of fused-ring (bicyclic) bond motifs is 5. The SMILES string of the molecule is C[C@]12CC[C@H](O)C[C@@H]1CC[C@@H]1[C@@H]2CC[C@@]2(C)[C@@H](C3=CC(=O)OC3)[C@@H](O)C[C@]12O. The van der Waals surface area contributed by atoms with Crippen molar-refractivity contribution in [3.63, 3.8) is 0 Å². The Morgan fingerprint density at radius 2 is 1.86 bits per heavy atom. The van der Waals surface area contributed by atoms with Crippen molar-refractivity contribution >= 4 is 5.97 Å². The van der Waals surface area contributed by atoms with E-state index in [-0.39, 0.29) is 35.9 Å². The van der Waals surface area contributed by atoms with E-state index in [9.17, 15) is 20.1 Å². The number of cyclic esters (lactones) is 1. The monoisotopic (exact) mass is 390 g/mol. The summed E-state index contributed by atoms with van der Waals surface area (Å²) in [5.41, 5.74) is -0.301. The molecule has 3 N–H and O–H groups in total. The molecule has 0 radical (unpaired) electrons. The molecule has 5 aliphatic rings. The minimum Gasteiger partial charge on any atom is -0.458 e. The molecular formula is C23H34O5. The van der Waals surface area contributed by atoms with Gasteiger partial charge in [0.25, 0.3) is 0 Å². The number of hydrogen-bond donors (Lipinski definition) is 3. The van der Waals surface area contributed by atoms with E-state index in [4.69, 9.17) is 4.74 Å². The summed E-state index contributed by atoms with van der Waals surface area (Å²) in [6.45, 7) is 4.77. The van der Waals surface area contributed by atoms with E-state index in [1.165, 1.54) is 6.08 Å². The van der Waals surface area contributed by atoms with Gasteiger partial charge in [0.05, 0.1) is 17.8 Å². The Morgan fingerprint density at radius 3 is 2.57 bits per heavy atom. The topological polar surface area (TPSA) is 87.0 Å². The molecule has 0 unspecified atom stereocenters. The molecule has 0 aromatic heterocycles. The number of aliphatic hydroxyl groups is 3. The van der Waals surface area contributed by atoms with E-state index in [0.717, 1.165) is 50.5 Å². The molecule has 156 valence electrons. The molecule has 4 fully saturated rings. The van der Waals surface area contributed by atoms with Crippen LogP contribution in [0.4, 0.5) is 0 Å².